The second-order valence-electron chi connectivity index (χ2n) is 9.43. The lowest BCUT2D eigenvalue weighted by molar-refractivity contribution is -0.255. The number of ether oxygens (including phenoxy) is 2. The summed E-state index contributed by atoms with van der Waals surface area (Å²) in [5.74, 6) is -4.60. The number of hydrogen-bond donors (Lipinski definition) is 1. The summed E-state index contributed by atoms with van der Waals surface area (Å²) in [6, 6.07) is 15.9. The Kier molecular flexibility index (Phi) is 7.58. The molecule has 2 aliphatic heterocycles. The monoisotopic (exact) mass is 552 g/mol. The van der Waals surface area contributed by atoms with E-state index in [-0.39, 0.29) is 24.0 Å². The van der Waals surface area contributed by atoms with Gasteiger partial charge in [-0.2, -0.15) is 0 Å². The Morgan fingerprint density at radius 1 is 0.923 bits per heavy atom. The van der Waals surface area contributed by atoms with Gasteiger partial charge >= 0.3 is 17.8 Å². The summed E-state index contributed by atoms with van der Waals surface area (Å²) in [5.41, 5.74) is 3.00. The molecule has 0 saturated carbocycles. The lowest BCUT2D eigenvalue weighted by Crippen LogP contribution is -2.54. The number of thiophene rings is 1. The van der Waals surface area contributed by atoms with E-state index in [2.05, 4.69) is 5.32 Å². The van der Waals surface area contributed by atoms with E-state index in [1.165, 1.54) is 31.2 Å². The van der Waals surface area contributed by atoms with E-state index >= 15 is 0 Å². The molecule has 0 radical (unpaired) electrons. The Hall–Kier alpha value is -3.89. The molecule has 202 valence electrons. The first-order valence-electron chi connectivity index (χ1n) is 12.5. The molecule has 0 bridgehead atoms. The van der Waals surface area contributed by atoms with Crippen LogP contribution < -0.4 is 5.32 Å². The van der Waals surface area contributed by atoms with Gasteiger partial charge in [0.1, 0.15) is 11.6 Å². The zero-order valence-corrected chi connectivity index (χ0v) is 22.0. The molecule has 2 saturated heterocycles. The number of amides is 1. The highest BCUT2D eigenvalue weighted by molar-refractivity contribution is 7.12. The number of piperidine rings is 1. The van der Waals surface area contributed by atoms with Gasteiger partial charge in [0.15, 0.2) is 0 Å². The number of nitrogens with zero attached hydrogens (tertiary/aromatic N) is 1. The largest absolute Gasteiger partial charge is 0.421 e. The molecule has 1 aromatic heterocycles. The molecule has 1 N–H and O–H groups in total. The van der Waals surface area contributed by atoms with E-state index in [0.717, 1.165) is 20.9 Å². The topological polar surface area (TPSA) is 84.9 Å². The average Bonchev–Trinajstić information content (AvgIpc) is 3.48. The fourth-order valence-electron chi connectivity index (χ4n) is 4.92. The summed E-state index contributed by atoms with van der Waals surface area (Å²) >= 11 is 1.57. The minimum atomic E-state index is -1.61. The predicted molar refractivity (Wildman–Crippen MR) is 140 cm³/mol. The quantitative estimate of drug-likeness (QED) is 0.342. The average molecular weight is 553 g/mol. The van der Waals surface area contributed by atoms with Crippen LogP contribution in [0, 0.1) is 11.6 Å². The van der Waals surface area contributed by atoms with Crippen molar-refractivity contribution in [1.29, 1.82) is 0 Å². The molecular weight excluding hydrogens is 526 g/mol. The summed E-state index contributed by atoms with van der Waals surface area (Å²) in [6.07, 6.45) is 1.26. The van der Waals surface area contributed by atoms with Crippen LogP contribution >= 0.6 is 11.3 Å². The Morgan fingerprint density at radius 3 is 2.05 bits per heavy atom. The van der Waals surface area contributed by atoms with Gasteiger partial charge in [0.25, 0.3) is 0 Å². The molecule has 39 heavy (non-hydrogen) atoms. The molecule has 2 fully saturated rings. The first kappa shape index (κ1) is 26.7. The van der Waals surface area contributed by atoms with Crippen LogP contribution in [0.15, 0.2) is 66.2 Å². The molecule has 3 heterocycles. The number of esters is 2. The number of likely N-dealkylation sites (tertiary alicyclic amines) is 1. The van der Waals surface area contributed by atoms with Gasteiger partial charge in [-0.25, -0.2) is 23.3 Å². The van der Waals surface area contributed by atoms with E-state index in [1.807, 2.05) is 17.0 Å². The number of rotatable bonds is 7. The fourth-order valence-corrected chi connectivity index (χ4v) is 5.86. The number of hydrogen-bond acceptors (Lipinski definition) is 7. The van der Waals surface area contributed by atoms with Crippen LogP contribution in [0.1, 0.15) is 40.6 Å². The van der Waals surface area contributed by atoms with E-state index in [4.69, 9.17) is 9.47 Å². The van der Waals surface area contributed by atoms with E-state index < -0.39 is 17.8 Å². The number of carbonyl (C=O) groups excluding carboxylic acids is 3. The molecule has 1 amide bonds. The highest BCUT2D eigenvalue weighted by Crippen LogP contribution is 2.42. The van der Waals surface area contributed by atoms with Crippen LogP contribution in [0.5, 0.6) is 0 Å². The third kappa shape index (κ3) is 5.91. The third-order valence-electron chi connectivity index (χ3n) is 6.75. The highest BCUT2D eigenvalue weighted by Gasteiger charge is 2.55. The van der Waals surface area contributed by atoms with Gasteiger partial charge < -0.3 is 14.8 Å². The lowest BCUT2D eigenvalue weighted by Gasteiger charge is -2.42. The third-order valence-corrected chi connectivity index (χ3v) is 7.89. The van der Waals surface area contributed by atoms with Crippen molar-refractivity contribution in [2.75, 3.05) is 13.1 Å². The van der Waals surface area contributed by atoms with Gasteiger partial charge in [0, 0.05) is 29.8 Å². The van der Waals surface area contributed by atoms with Gasteiger partial charge in [0.2, 0.25) is 5.91 Å². The summed E-state index contributed by atoms with van der Waals surface area (Å²) in [7, 11) is 0. The number of nitrogens with one attached hydrogen (secondary N) is 1. The Morgan fingerprint density at radius 2 is 1.49 bits per heavy atom. The zero-order valence-electron chi connectivity index (χ0n) is 21.2. The first-order valence-corrected chi connectivity index (χ1v) is 13.3. The SMILES string of the molecule is CC(=O)NCc1ccc(CCN2CCC(=C(c3ccc(F)cc3)c3ccc(F)cc3)CC23OC(=O)C(=O)O3)s1. The van der Waals surface area contributed by atoms with Crippen LogP contribution in [0.2, 0.25) is 0 Å². The summed E-state index contributed by atoms with van der Waals surface area (Å²) in [6.45, 7) is 2.80. The molecule has 2 aromatic carbocycles. The van der Waals surface area contributed by atoms with Crippen LogP contribution in [0.3, 0.4) is 0 Å². The molecule has 0 aliphatic carbocycles. The van der Waals surface area contributed by atoms with Crippen molar-refractivity contribution in [1.82, 2.24) is 10.2 Å². The molecule has 0 atom stereocenters. The van der Waals surface area contributed by atoms with Crippen molar-refractivity contribution in [3.05, 3.63) is 98.8 Å². The van der Waals surface area contributed by atoms with Crippen molar-refractivity contribution >= 4 is 34.8 Å². The Bertz CT molecular complexity index is 1370. The van der Waals surface area contributed by atoms with Gasteiger partial charge in [-0.15, -0.1) is 11.3 Å². The number of benzene rings is 2. The summed E-state index contributed by atoms with van der Waals surface area (Å²) in [4.78, 5) is 39.6. The molecular formula is C29H26F2N2O5S. The highest BCUT2D eigenvalue weighted by atomic mass is 32.1. The molecule has 5 rings (SSSR count). The Balaban J connectivity index is 1.44. The van der Waals surface area contributed by atoms with Crippen molar-refractivity contribution in [2.45, 2.75) is 38.6 Å². The van der Waals surface area contributed by atoms with Crippen LogP contribution in [0.4, 0.5) is 8.78 Å². The van der Waals surface area contributed by atoms with E-state index in [1.54, 1.807) is 35.6 Å². The number of halogens is 2. The van der Waals surface area contributed by atoms with E-state index in [0.29, 0.717) is 43.6 Å². The fraction of sp³-hybridized carbons (Fsp3) is 0.276. The van der Waals surface area contributed by atoms with Crippen LogP contribution in [-0.2, 0) is 36.8 Å². The van der Waals surface area contributed by atoms with Crippen molar-refractivity contribution in [2.24, 2.45) is 0 Å². The second kappa shape index (κ2) is 11.1. The molecule has 7 nitrogen and oxygen atoms in total. The van der Waals surface area contributed by atoms with Gasteiger partial charge in [0.05, 0.1) is 13.0 Å². The molecule has 2 aliphatic rings. The smallest absolute Gasteiger partial charge is 0.399 e. The van der Waals surface area contributed by atoms with Gasteiger partial charge in [-0.3, -0.25) is 4.79 Å². The minimum Gasteiger partial charge on any atom is -0.399 e. The lowest BCUT2D eigenvalue weighted by atomic mass is 9.87. The molecule has 1 spiro atoms. The normalized spacial score (nSPS) is 16.7. The van der Waals surface area contributed by atoms with Crippen molar-refractivity contribution < 1.29 is 32.6 Å². The maximum absolute atomic E-state index is 13.7. The van der Waals surface area contributed by atoms with Crippen molar-refractivity contribution in [3.63, 3.8) is 0 Å². The Labute approximate surface area is 228 Å². The minimum absolute atomic E-state index is 0.0901. The standard InChI is InChI=1S/C29H26F2N2O5S/c1-18(34)32-17-25-11-10-24(39-25)13-15-33-14-12-21(16-29(33)37-27(35)28(36)38-29)26(19-2-6-22(30)7-3-19)20-4-8-23(31)9-5-20/h2-11H,12-17H2,1H3,(H,32,34). The van der Waals surface area contributed by atoms with Crippen LogP contribution in [0.25, 0.3) is 5.57 Å². The number of carbonyl (C=O) groups is 3. The van der Waals surface area contributed by atoms with E-state index in [9.17, 15) is 23.2 Å². The second-order valence-corrected chi connectivity index (χ2v) is 10.7. The van der Waals surface area contributed by atoms with Gasteiger partial charge in [-0.1, -0.05) is 29.8 Å². The first-order chi connectivity index (χ1) is 18.7. The predicted octanol–water partition coefficient (Wildman–Crippen LogP) is 4.56. The van der Waals surface area contributed by atoms with Crippen LogP contribution in [-0.4, -0.2) is 41.7 Å². The molecule has 3 aromatic rings. The molecule has 10 heteroatoms. The molecule has 0 unspecified atom stereocenters. The van der Waals surface area contributed by atoms with Crippen molar-refractivity contribution in [3.8, 4) is 0 Å². The maximum atomic E-state index is 13.7. The summed E-state index contributed by atoms with van der Waals surface area (Å²) in [5, 5.41) is 2.78. The zero-order chi connectivity index (χ0) is 27.6. The van der Waals surface area contributed by atoms with Gasteiger partial charge in [-0.05, 0) is 65.9 Å². The maximum Gasteiger partial charge on any atom is 0.421 e. The summed E-state index contributed by atoms with van der Waals surface area (Å²) < 4.78 is 38.6.